The van der Waals surface area contributed by atoms with Gasteiger partial charge in [-0.2, -0.15) is 5.26 Å². The molecule has 0 fully saturated rings. The standard InChI is InChI=1S/C16H15FN2O/c1-11(19)15-7-6-14(17)8-16(15)20-10-13-5-3-2-4-12(13)9-18/h2-8,11H,10,19H2,1H3/t11-/m1/s1. The molecule has 0 unspecified atom stereocenters. The molecule has 2 rings (SSSR count). The van der Waals surface area contributed by atoms with Crippen molar-refractivity contribution in [2.75, 3.05) is 0 Å². The zero-order chi connectivity index (χ0) is 14.5. The van der Waals surface area contributed by atoms with Crippen LogP contribution in [0.4, 0.5) is 4.39 Å². The molecule has 0 heterocycles. The van der Waals surface area contributed by atoms with Crippen LogP contribution in [-0.4, -0.2) is 0 Å². The van der Waals surface area contributed by atoms with Crippen molar-refractivity contribution in [3.63, 3.8) is 0 Å². The molecule has 0 saturated heterocycles. The Morgan fingerprint density at radius 2 is 2.05 bits per heavy atom. The summed E-state index contributed by atoms with van der Waals surface area (Å²) in [6.45, 7) is 2.01. The highest BCUT2D eigenvalue weighted by Gasteiger charge is 2.10. The number of nitriles is 1. The molecule has 102 valence electrons. The van der Waals surface area contributed by atoms with Crippen LogP contribution in [0.2, 0.25) is 0 Å². The highest BCUT2D eigenvalue weighted by atomic mass is 19.1. The third-order valence-corrected chi connectivity index (χ3v) is 2.99. The lowest BCUT2D eigenvalue weighted by Gasteiger charge is -2.14. The molecule has 0 saturated carbocycles. The Bertz CT molecular complexity index is 647. The molecule has 20 heavy (non-hydrogen) atoms. The second kappa shape index (κ2) is 6.18. The molecule has 4 heteroatoms. The van der Waals surface area contributed by atoms with Crippen molar-refractivity contribution in [3.05, 3.63) is 65.0 Å². The van der Waals surface area contributed by atoms with E-state index in [2.05, 4.69) is 6.07 Å². The first-order chi connectivity index (χ1) is 9.61. The van der Waals surface area contributed by atoms with E-state index in [1.54, 1.807) is 18.2 Å². The Hall–Kier alpha value is -2.38. The van der Waals surface area contributed by atoms with E-state index < -0.39 is 0 Å². The summed E-state index contributed by atoms with van der Waals surface area (Å²) in [5, 5.41) is 9.02. The van der Waals surface area contributed by atoms with Crippen LogP contribution in [0.15, 0.2) is 42.5 Å². The third kappa shape index (κ3) is 3.14. The van der Waals surface area contributed by atoms with Crippen molar-refractivity contribution >= 4 is 0 Å². The molecule has 0 radical (unpaired) electrons. The zero-order valence-corrected chi connectivity index (χ0v) is 11.1. The average Bonchev–Trinajstić information content (AvgIpc) is 2.45. The molecule has 0 aromatic heterocycles. The maximum absolute atomic E-state index is 13.3. The van der Waals surface area contributed by atoms with E-state index in [-0.39, 0.29) is 18.5 Å². The summed E-state index contributed by atoms with van der Waals surface area (Å²) < 4.78 is 18.9. The number of ether oxygens (including phenoxy) is 1. The summed E-state index contributed by atoms with van der Waals surface area (Å²) in [4.78, 5) is 0. The molecular weight excluding hydrogens is 255 g/mol. The number of hydrogen-bond donors (Lipinski definition) is 1. The fourth-order valence-corrected chi connectivity index (χ4v) is 1.92. The summed E-state index contributed by atoms with van der Waals surface area (Å²) in [7, 11) is 0. The summed E-state index contributed by atoms with van der Waals surface area (Å²) >= 11 is 0. The van der Waals surface area contributed by atoms with Crippen LogP contribution >= 0.6 is 0 Å². The number of halogens is 1. The Labute approximate surface area is 117 Å². The second-order valence-corrected chi connectivity index (χ2v) is 4.53. The van der Waals surface area contributed by atoms with Gasteiger partial charge in [0.25, 0.3) is 0 Å². The predicted octanol–water partition coefficient (Wildman–Crippen LogP) is 3.30. The van der Waals surface area contributed by atoms with Crippen LogP contribution in [-0.2, 0) is 6.61 Å². The lowest BCUT2D eigenvalue weighted by molar-refractivity contribution is 0.299. The van der Waals surface area contributed by atoms with E-state index in [1.807, 2.05) is 19.1 Å². The minimum Gasteiger partial charge on any atom is -0.488 e. The fourth-order valence-electron chi connectivity index (χ4n) is 1.92. The van der Waals surface area contributed by atoms with Gasteiger partial charge in [-0.25, -0.2) is 4.39 Å². The van der Waals surface area contributed by atoms with E-state index in [0.29, 0.717) is 11.3 Å². The summed E-state index contributed by atoms with van der Waals surface area (Å²) in [6, 6.07) is 13.3. The van der Waals surface area contributed by atoms with Gasteiger partial charge in [-0.05, 0) is 19.1 Å². The molecule has 0 aliphatic heterocycles. The fraction of sp³-hybridized carbons (Fsp3) is 0.188. The molecule has 0 amide bonds. The number of nitrogens with zero attached hydrogens (tertiary/aromatic N) is 1. The van der Waals surface area contributed by atoms with Crippen LogP contribution in [0.5, 0.6) is 5.75 Å². The smallest absolute Gasteiger partial charge is 0.127 e. The first-order valence-electron chi connectivity index (χ1n) is 6.27. The summed E-state index contributed by atoms with van der Waals surface area (Å²) in [6.07, 6.45) is 0. The molecule has 2 N–H and O–H groups in total. The molecule has 2 aromatic carbocycles. The van der Waals surface area contributed by atoms with Crippen LogP contribution in [0.1, 0.15) is 29.7 Å². The molecular formula is C16H15FN2O. The molecule has 3 nitrogen and oxygen atoms in total. The van der Waals surface area contributed by atoms with E-state index >= 15 is 0 Å². The Balaban J connectivity index is 2.23. The van der Waals surface area contributed by atoms with Crippen molar-refractivity contribution in [1.82, 2.24) is 0 Å². The minimum absolute atomic E-state index is 0.201. The number of hydrogen-bond acceptors (Lipinski definition) is 3. The van der Waals surface area contributed by atoms with E-state index in [0.717, 1.165) is 11.1 Å². The van der Waals surface area contributed by atoms with Gasteiger partial charge in [-0.15, -0.1) is 0 Å². The van der Waals surface area contributed by atoms with Gasteiger partial charge in [0, 0.05) is 23.2 Å². The number of benzene rings is 2. The van der Waals surface area contributed by atoms with E-state index in [4.69, 9.17) is 15.7 Å². The molecule has 1 atom stereocenters. The Morgan fingerprint density at radius 3 is 2.75 bits per heavy atom. The van der Waals surface area contributed by atoms with Crippen molar-refractivity contribution < 1.29 is 9.13 Å². The second-order valence-electron chi connectivity index (χ2n) is 4.53. The van der Waals surface area contributed by atoms with Crippen molar-refractivity contribution in [3.8, 4) is 11.8 Å². The molecule has 0 aliphatic carbocycles. The third-order valence-electron chi connectivity index (χ3n) is 2.99. The predicted molar refractivity (Wildman–Crippen MR) is 74.5 cm³/mol. The highest BCUT2D eigenvalue weighted by Crippen LogP contribution is 2.26. The van der Waals surface area contributed by atoms with Gasteiger partial charge in [0.1, 0.15) is 18.2 Å². The molecule has 0 spiro atoms. The van der Waals surface area contributed by atoms with Gasteiger partial charge in [0.15, 0.2) is 0 Å². The summed E-state index contributed by atoms with van der Waals surface area (Å²) in [5.74, 6) is 0.0331. The van der Waals surface area contributed by atoms with Gasteiger partial charge in [-0.3, -0.25) is 0 Å². The van der Waals surface area contributed by atoms with Gasteiger partial charge in [-0.1, -0.05) is 24.3 Å². The Kier molecular flexibility index (Phi) is 4.34. The molecule has 2 aromatic rings. The first kappa shape index (κ1) is 14.0. The average molecular weight is 270 g/mol. The van der Waals surface area contributed by atoms with Crippen molar-refractivity contribution in [1.29, 1.82) is 5.26 Å². The van der Waals surface area contributed by atoms with E-state index in [1.165, 1.54) is 12.1 Å². The van der Waals surface area contributed by atoms with Gasteiger partial charge >= 0.3 is 0 Å². The van der Waals surface area contributed by atoms with Crippen LogP contribution in [0, 0.1) is 17.1 Å². The SMILES string of the molecule is C[C@@H](N)c1ccc(F)cc1OCc1ccccc1C#N. The molecule has 0 aliphatic rings. The first-order valence-corrected chi connectivity index (χ1v) is 6.27. The lowest BCUT2D eigenvalue weighted by Crippen LogP contribution is -2.08. The van der Waals surface area contributed by atoms with Crippen molar-refractivity contribution in [2.45, 2.75) is 19.6 Å². The molecule has 0 bridgehead atoms. The maximum Gasteiger partial charge on any atom is 0.127 e. The highest BCUT2D eigenvalue weighted by molar-refractivity contribution is 5.39. The zero-order valence-electron chi connectivity index (χ0n) is 11.1. The van der Waals surface area contributed by atoms with Gasteiger partial charge in [0.05, 0.1) is 11.6 Å². The normalized spacial score (nSPS) is 11.7. The lowest BCUT2D eigenvalue weighted by atomic mass is 10.1. The largest absolute Gasteiger partial charge is 0.488 e. The van der Waals surface area contributed by atoms with Crippen molar-refractivity contribution in [2.24, 2.45) is 5.73 Å². The summed E-state index contributed by atoms with van der Waals surface area (Å²) in [5.41, 5.74) is 7.88. The van der Waals surface area contributed by atoms with Gasteiger partial charge < -0.3 is 10.5 Å². The Morgan fingerprint density at radius 1 is 1.30 bits per heavy atom. The maximum atomic E-state index is 13.3. The quantitative estimate of drug-likeness (QED) is 0.927. The van der Waals surface area contributed by atoms with Crippen LogP contribution in [0.25, 0.3) is 0 Å². The number of nitrogens with two attached hydrogens (primary N) is 1. The monoisotopic (exact) mass is 270 g/mol. The van der Waals surface area contributed by atoms with E-state index in [9.17, 15) is 4.39 Å². The van der Waals surface area contributed by atoms with Gasteiger partial charge in [0.2, 0.25) is 0 Å². The topological polar surface area (TPSA) is 59.0 Å². The van der Waals surface area contributed by atoms with Crippen LogP contribution in [0.3, 0.4) is 0 Å². The van der Waals surface area contributed by atoms with Crippen LogP contribution < -0.4 is 10.5 Å². The minimum atomic E-state index is -0.377. The number of rotatable bonds is 4.